The van der Waals surface area contributed by atoms with E-state index in [0.29, 0.717) is 44.3 Å². The minimum Gasteiger partial charge on any atom is -0.494 e. The summed E-state index contributed by atoms with van der Waals surface area (Å²) in [5, 5.41) is 7.11. The number of nitrogens with zero attached hydrogens (tertiary/aromatic N) is 5. The van der Waals surface area contributed by atoms with E-state index >= 15 is 0 Å². The van der Waals surface area contributed by atoms with Crippen LogP contribution in [0.4, 0.5) is 5.95 Å². The van der Waals surface area contributed by atoms with Crippen LogP contribution < -0.4 is 9.64 Å². The van der Waals surface area contributed by atoms with Crippen molar-refractivity contribution >= 4 is 11.9 Å². The van der Waals surface area contributed by atoms with Crippen LogP contribution in [0.1, 0.15) is 30.1 Å². The molecule has 1 amide bonds. The van der Waals surface area contributed by atoms with Crippen LogP contribution in [0.5, 0.6) is 5.75 Å². The van der Waals surface area contributed by atoms with E-state index in [-0.39, 0.29) is 5.91 Å². The van der Waals surface area contributed by atoms with Gasteiger partial charge in [-0.05, 0) is 36.8 Å². The standard InChI is InChI=1S/C22H26N6O2/c1-2-3-15-30-18-7-5-17(6-8-18)20-19(16-25-26-20)21(29)27-11-13-28(14-12-27)22-23-9-4-10-24-22/h4-10,16H,2-3,11-15H2,1H3,(H,25,26). The van der Waals surface area contributed by atoms with Crippen LogP contribution in [-0.2, 0) is 0 Å². The monoisotopic (exact) mass is 406 g/mol. The maximum absolute atomic E-state index is 13.1. The molecule has 2 aromatic heterocycles. The predicted molar refractivity (Wildman–Crippen MR) is 115 cm³/mol. The van der Waals surface area contributed by atoms with Crippen LogP contribution in [0, 0.1) is 0 Å². The van der Waals surface area contributed by atoms with Crippen molar-refractivity contribution in [3.63, 3.8) is 0 Å². The van der Waals surface area contributed by atoms with Gasteiger partial charge in [0, 0.05) is 44.1 Å². The van der Waals surface area contributed by atoms with Crippen LogP contribution in [-0.4, -0.2) is 63.8 Å². The molecule has 0 bridgehead atoms. The third kappa shape index (κ3) is 4.42. The first kappa shape index (κ1) is 19.9. The molecule has 0 aliphatic carbocycles. The molecule has 1 aliphatic heterocycles. The molecular formula is C22H26N6O2. The Kier molecular flexibility index (Phi) is 6.22. The van der Waals surface area contributed by atoms with Crippen molar-refractivity contribution in [1.82, 2.24) is 25.1 Å². The molecule has 1 aliphatic rings. The number of hydrogen-bond donors (Lipinski definition) is 1. The van der Waals surface area contributed by atoms with Crippen molar-refractivity contribution < 1.29 is 9.53 Å². The lowest BCUT2D eigenvalue weighted by molar-refractivity contribution is 0.0747. The van der Waals surface area contributed by atoms with Gasteiger partial charge < -0.3 is 14.5 Å². The molecule has 4 rings (SSSR count). The lowest BCUT2D eigenvalue weighted by Crippen LogP contribution is -2.49. The Morgan fingerprint density at radius 3 is 2.53 bits per heavy atom. The van der Waals surface area contributed by atoms with Crippen molar-refractivity contribution in [2.75, 3.05) is 37.7 Å². The maximum atomic E-state index is 13.1. The number of piperazine rings is 1. The summed E-state index contributed by atoms with van der Waals surface area (Å²) < 4.78 is 5.72. The fourth-order valence-electron chi connectivity index (χ4n) is 3.45. The molecule has 1 saturated heterocycles. The summed E-state index contributed by atoms with van der Waals surface area (Å²) in [4.78, 5) is 25.7. The third-order valence-electron chi connectivity index (χ3n) is 5.18. The van der Waals surface area contributed by atoms with Crippen molar-refractivity contribution in [3.8, 4) is 17.0 Å². The summed E-state index contributed by atoms with van der Waals surface area (Å²) in [6.07, 6.45) is 7.21. The minimum atomic E-state index is -0.0179. The van der Waals surface area contributed by atoms with Gasteiger partial charge in [0.05, 0.1) is 24.1 Å². The molecule has 156 valence electrons. The van der Waals surface area contributed by atoms with Gasteiger partial charge in [-0.3, -0.25) is 9.89 Å². The molecule has 3 aromatic rings. The van der Waals surface area contributed by atoms with E-state index in [2.05, 4.69) is 32.0 Å². The highest BCUT2D eigenvalue weighted by Crippen LogP contribution is 2.25. The van der Waals surface area contributed by atoms with Gasteiger partial charge in [0.15, 0.2) is 0 Å². The number of hydrogen-bond acceptors (Lipinski definition) is 6. The molecule has 8 nitrogen and oxygen atoms in total. The normalized spacial score (nSPS) is 14.0. The van der Waals surface area contributed by atoms with E-state index in [0.717, 1.165) is 29.8 Å². The van der Waals surface area contributed by atoms with Gasteiger partial charge in [0.25, 0.3) is 5.91 Å². The largest absolute Gasteiger partial charge is 0.494 e. The molecule has 1 fully saturated rings. The number of nitrogens with one attached hydrogen (secondary N) is 1. The van der Waals surface area contributed by atoms with Crippen molar-refractivity contribution in [2.24, 2.45) is 0 Å². The summed E-state index contributed by atoms with van der Waals surface area (Å²) in [5.41, 5.74) is 2.23. The van der Waals surface area contributed by atoms with Gasteiger partial charge in [-0.1, -0.05) is 13.3 Å². The molecule has 0 unspecified atom stereocenters. The van der Waals surface area contributed by atoms with Gasteiger partial charge in [-0.2, -0.15) is 5.10 Å². The number of aromatic nitrogens is 4. The zero-order valence-electron chi connectivity index (χ0n) is 17.1. The highest BCUT2D eigenvalue weighted by atomic mass is 16.5. The number of carbonyl (C=O) groups excluding carboxylic acids is 1. The second-order valence-electron chi connectivity index (χ2n) is 7.21. The minimum absolute atomic E-state index is 0.0179. The molecular weight excluding hydrogens is 380 g/mol. The van der Waals surface area contributed by atoms with E-state index in [9.17, 15) is 4.79 Å². The molecule has 1 N–H and O–H groups in total. The first-order valence-corrected chi connectivity index (χ1v) is 10.3. The lowest BCUT2D eigenvalue weighted by atomic mass is 10.1. The first-order valence-electron chi connectivity index (χ1n) is 10.3. The summed E-state index contributed by atoms with van der Waals surface area (Å²) in [5.74, 6) is 1.52. The molecule has 0 saturated carbocycles. The molecule has 0 atom stereocenters. The second kappa shape index (κ2) is 9.39. The topological polar surface area (TPSA) is 87.2 Å². The zero-order valence-corrected chi connectivity index (χ0v) is 17.1. The Morgan fingerprint density at radius 2 is 1.83 bits per heavy atom. The van der Waals surface area contributed by atoms with Crippen LogP contribution in [0.25, 0.3) is 11.3 Å². The Morgan fingerprint density at radius 1 is 1.10 bits per heavy atom. The molecule has 8 heteroatoms. The summed E-state index contributed by atoms with van der Waals surface area (Å²) in [6, 6.07) is 9.57. The summed E-state index contributed by atoms with van der Waals surface area (Å²) in [6.45, 7) is 5.49. The molecule has 0 radical (unpaired) electrons. The van der Waals surface area contributed by atoms with Gasteiger partial charge in [-0.25, -0.2) is 9.97 Å². The van der Waals surface area contributed by atoms with Crippen molar-refractivity contribution in [1.29, 1.82) is 0 Å². The lowest BCUT2D eigenvalue weighted by Gasteiger charge is -2.34. The number of carbonyl (C=O) groups is 1. The van der Waals surface area contributed by atoms with Crippen molar-refractivity contribution in [2.45, 2.75) is 19.8 Å². The van der Waals surface area contributed by atoms with E-state index < -0.39 is 0 Å². The highest BCUT2D eigenvalue weighted by molar-refractivity contribution is 5.99. The van der Waals surface area contributed by atoms with E-state index in [1.54, 1.807) is 24.7 Å². The fraction of sp³-hybridized carbons (Fsp3) is 0.364. The van der Waals surface area contributed by atoms with Crippen LogP contribution in [0.15, 0.2) is 48.9 Å². The summed E-state index contributed by atoms with van der Waals surface area (Å²) in [7, 11) is 0. The SMILES string of the molecule is CCCCOc1ccc(-c2[nH]ncc2C(=O)N2CCN(c3ncccn3)CC2)cc1. The average molecular weight is 406 g/mol. The Bertz CT molecular complexity index is 949. The molecule has 3 heterocycles. The van der Waals surface area contributed by atoms with Crippen molar-refractivity contribution in [3.05, 3.63) is 54.5 Å². The quantitative estimate of drug-likeness (QED) is 0.607. The van der Waals surface area contributed by atoms with Crippen LogP contribution in [0.3, 0.4) is 0 Å². The molecule has 30 heavy (non-hydrogen) atoms. The van der Waals surface area contributed by atoms with Gasteiger partial charge in [0.1, 0.15) is 5.75 Å². The number of rotatable bonds is 7. The van der Waals surface area contributed by atoms with E-state index in [1.807, 2.05) is 29.2 Å². The number of H-pyrrole nitrogens is 1. The first-order chi connectivity index (χ1) is 14.8. The van der Waals surface area contributed by atoms with E-state index in [4.69, 9.17) is 4.74 Å². The van der Waals surface area contributed by atoms with E-state index in [1.165, 1.54) is 0 Å². The summed E-state index contributed by atoms with van der Waals surface area (Å²) >= 11 is 0. The maximum Gasteiger partial charge on any atom is 0.257 e. The molecule has 1 aromatic carbocycles. The third-order valence-corrected chi connectivity index (χ3v) is 5.18. The smallest absolute Gasteiger partial charge is 0.257 e. The van der Waals surface area contributed by atoms with Gasteiger partial charge in [0.2, 0.25) is 5.95 Å². The number of unbranched alkanes of at least 4 members (excludes halogenated alkanes) is 1. The number of aromatic amines is 1. The molecule has 0 spiro atoms. The van der Waals surface area contributed by atoms with Crippen LogP contribution >= 0.6 is 0 Å². The number of anilines is 1. The van der Waals surface area contributed by atoms with Gasteiger partial charge in [-0.15, -0.1) is 0 Å². The Labute approximate surface area is 175 Å². The number of benzene rings is 1. The number of amides is 1. The second-order valence-corrected chi connectivity index (χ2v) is 7.21. The Balaban J connectivity index is 1.41. The zero-order chi connectivity index (χ0) is 20.8. The Hall–Kier alpha value is -3.42. The van der Waals surface area contributed by atoms with Crippen LogP contribution in [0.2, 0.25) is 0 Å². The number of ether oxygens (including phenoxy) is 1. The predicted octanol–water partition coefficient (Wildman–Crippen LogP) is 3.01. The van der Waals surface area contributed by atoms with Gasteiger partial charge >= 0.3 is 0 Å². The highest BCUT2D eigenvalue weighted by Gasteiger charge is 2.26. The fourth-order valence-corrected chi connectivity index (χ4v) is 3.45. The average Bonchev–Trinajstić information content (AvgIpc) is 3.30.